The number of piperidine rings is 1. The van der Waals surface area contributed by atoms with E-state index in [0.717, 1.165) is 22.0 Å². The summed E-state index contributed by atoms with van der Waals surface area (Å²) < 4.78 is 1.15. The number of aliphatic imine (C=N–C) groups is 1. The Kier molecular flexibility index (Phi) is 6.42. The zero-order valence-electron chi connectivity index (χ0n) is 21.3. The van der Waals surface area contributed by atoms with E-state index < -0.39 is 11.9 Å². The van der Waals surface area contributed by atoms with Gasteiger partial charge in [-0.1, -0.05) is 12.1 Å². The van der Waals surface area contributed by atoms with Crippen molar-refractivity contribution in [3.05, 3.63) is 60.6 Å². The molecule has 2 aliphatic rings. The fourth-order valence-electron chi connectivity index (χ4n) is 4.86. The van der Waals surface area contributed by atoms with Crippen molar-refractivity contribution in [1.82, 2.24) is 19.9 Å². The summed E-state index contributed by atoms with van der Waals surface area (Å²) in [5, 5.41) is 33.0. The molecule has 3 atom stereocenters. The standard InChI is InChI=1S/C28H26N8O4/c29-11-16(23-14-31-20-3-1-2-4-21(20)33-23)12-30-22-9-15(22)13-32-35-17-5-6-18-19(10-17)28(40)36(27(18)39)24-7-8-25(37)34-26(24)38/h1-6,10-12,14-15,22,24,39-40H,7-9,13,29H2,(H,34,37,38). The van der Waals surface area contributed by atoms with Crippen molar-refractivity contribution in [3.63, 3.8) is 0 Å². The highest BCUT2D eigenvalue weighted by atomic mass is 16.3. The molecule has 0 radical (unpaired) electrons. The number of aromatic hydroxyl groups is 2. The summed E-state index contributed by atoms with van der Waals surface area (Å²) in [5.41, 5.74) is 9.25. The van der Waals surface area contributed by atoms with E-state index >= 15 is 0 Å². The zero-order valence-corrected chi connectivity index (χ0v) is 21.3. The molecule has 4 aromatic rings. The average molecular weight is 539 g/mol. The van der Waals surface area contributed by atoms with Crippen LogP contribution in [-0.4, -0.2) is 55.4 Å². The summed E-state index contributed by atoms with van der Waals surface area (Å²) in [4.78, 5) is 37.4. The minimum absolute atomic E-state index is 0.105. The van der Waals surface area contributed by atoms with Crippen LogP contribution in [0.3, 0.4) is 0 Å². The van der Waals surface area contributed by atoms with Crippen LogP contribution in [0.25, 0.3) is 27.4 Å². The third-order valence-electron chi connectivity index (χ3n) is 7.18. The highest BCUT2D eigenvalue weighted by Gasteiger charge is 2.36. The number of carbonyl (C=O) groups is 2. The highest BCUT2D eigenvalue weighted by Crippen LogP contribution is 2.42. The number of aromatic nitrogens is 3. The van der Waals surface area contributed by atoms with E-state index in [0.29, 0.717) is 34.3 Å². The SMILES string of the molecule is NC=C(C=NC1CC1CN=Nc1ccc2c(O)n(C3CCC(=O)NC3=O)c(O)c2c1)c1cnc2ccccc2n1. The van der Waals surface area contributed by atoms with Gasteiger partial charge >= 0.3 is 0 Å². The number of hydrogen-bond donors (Lipinski definition) is 4. The first-order valence-corrected chi connectivity index (χ1v) is 12.9. The largest absolute Gasteiger partial charge is 0.494 e. The molecule has 2 aromatic carbocycles. The van der Waals surface area contributed by atoms with Gasteiger partial charge in [0.05, 0.1) is 41.2 Å². The number of nitrogens with two attached hydrogens (primary N) is 1. The van der Waals surface area contributed by atoms with Gasteiger partial charge in [0.1, 0.15) is 6.04 Å². The topological polar surface area (TPSA) is 180 Å². The van der Waals surface area contributed by atoms with E-state index in [1.807, 2.05) is 24.3 Å². The Morgan fingerprint density at radius 2 is 1.93 bits per heavy atom. The number of rotatable bonds is 7. The van der Waals surface area contributed by atoms with Crippen molar-refractivity contribution in [2.24, 2.45) is 26.9 Å². The number of benzene rings is 2. The van der Waals surface area contributed by atoms with Crippen LogP contribution in [-0.2, 0) is 9.59 Å². The molecule has 5 N–H and O–H groups in total. The molecule has 1 saturated carbocycles. The minimum Gasteiger partial charge on any atom is -0.494 e. The van der Waals surface area contributed by atoms with Gasteiger partial charge in [-0.15, -0.1) is 0 Å². The fraction of sp³-hybridized carbons (Fsp3) is 0.250. The molecular formula is C28H26N8O4. The van der Waals surface area contributed by atoms with Gasteiger partial charge in [-0.2, -0.15) is 10.2 Å². The van der Waals surface area contributed by atoms with E-state index in [1.54, 1.807) is 30.6 Å². The Balaban J connectivity index is 1.10. The minimum atomic E-state index is -0.884. The van der Waals surface area contributed by atoms with Crippen molar-refractivity contribution in [2.45, 2.75) is 31.3 Å². The van der Waals surface area contributed by atoms with Crippen LogP contribution in [0.5, 0.6) is 11.8 Å². The molecule has 3 heterocycles. The summed E-state index contributed by atoms with van der Waals surface area (Å²) in [6.45, 7) is 0.478. The van der Waals surface area contributed by atoms with Gasteiger partial charge < -0.3 is 15.9 Å². The summed E-state index contributed by atoms with van der Waals surface area (Å²) >= 11 is 0. The summed E-state index contributed by atoms with van der Waals surface area (Å²) in [6, 6.07) is 11.7. The summed E-state index contributed by atoms with van der Waals surface area (Å²) in [5.74, 6) is -1.21. The Hall–Kier alpha value is -5.13. The molecule has 0 spiro atoms. The molecule has 1 saturated heterocycles. The molecule has 3 unspecified atom stereocenters. The van der Waals surface area contributed by atoms with Crippen LogP contribution in [0.15, 0.2) is 70.1 Å². The average Bonchev–Trinajstić information content (AvgIpc) is 3.66. The number of fused-ring (bicyclic) bond motifs is 2. The second kappa shape index (κ2) is 10.2. The first-order valence-electron chi connectivity index (χ1n) is 12.9. The van der Waals surface area contributed by atoms with Crippen molar-refractivity contribution in [1.29, 1.82) is 0 Å². The molecule has 6 rings (SSSR count). The van der Waals surface area contributed by atoms with Gasteiger partial charge in [0.25, 0.3) is 0 Å². The number of hydrogen-bond acceptors (Lipinski definition) is 10. The number of carbonyl (C=O) groups excluding carboxylic acids is 2. The van der Waals surface area contributed by atoms with Crippen molar-refractivity contribution < 1.29 is 19.8 Å². The third kappa shape index (κ3) is 4.75. The van der Waals surface area contributed by atoms with E-state index in [1.165, 1.54) is 6.20 Å². The van der Waals surface area contributed by atoms with E-state index in [-0.39, 0.29) is 42.5 Å². The Labute approximate surface area is 228 Å². The van der Waals surface area contributed by atoms with Crippen molar-refractivity contribution in [2.75, 3.05) is 6.54 Å². The summed E-state index contributed by atoms with van der Waals surface area (Å²) in [7, 11) is 0. The smallest absolute Gasteiger partial charge is 0.249 e. The lowest BCUT2D eigenvalue weighted by molar-refractivity contribution is -0.135. The summed E-state index contributed by atoms with van der Waals surface area (Å²) in [6.07, 6.45) is 6.05. The molecule has 2 amide bonds. The number of nitrogens with one attached hydrogen (secondary N) is 1. The zero-order chi connectivity index (χ0) is 27.8. The number of para-hydroxylation sites is 2. The van der Waals surface area contributed by atoms with Gasteiger partial charge in [0, 0.05) is 41.1 Å². The second-order valence-electron chi connectivity index (χ2n) is 9.85. The van der Waals surface area contributed by atoms with Gasteiger partial charge in [0.15, 0.2) is 0 Å². The molecule has 12 heteroatoms. The van der Waals surface area contributed by atoms with Crippen LogP contribution in [0.1, 0.15) is 31.0 Å². The van der Waals surface area contributed by atoms with E-state index in [9.17, 15) is 19.8 Å². The quantitative estimate of drug-likeness (QED) is 0.158. The van der Waals surface area contributed by atoms with Gasteiger partial charge in [-0.25, -0.2) is 4.98 Å². The highest BCUT2D eigenvalue weighted by molar-refractivity contribution is 6.09. The lowest BCUT2D eigenvalue weighted by Crippen LogP contribution is -2.41. The van der Waals surface area contributed by atoms with Crippen molar-refractivity contribution >= 4 is 51.1 Å². The third-order valence-corrected chi connectivity index (χ3v) is 7.18. The van der Waals surface area contributed by atoms with Crippen LogP contribution in [0.4, 0.5) is 5.69 Å². The number of allylic oxidation sites excluding steroid dienone is 1. The maximum Gasteiger partial charge on any atom is 0.249 e. The molecular weight excluding hydrogens is 512 g/mol. The molecule has 2 aromatic heterocycles. The predicted molar refractivity (Wildman–Crippen MR) is 148 cm³/mol. The normalized spacial score (nSPS) is 21.6. The van der Waals surface area contributed by atoms with Crippen LogP contribution in [0.2, 0.25) is 0 Å². The number of imide groups is 1. The maximum absolute atomic E-state index is 12.3. The Morgan fingerprint density at radius 1 is 1.12 bits per heavy atom. The van der Waals surface area contributed by atoms with Gasteiger partial charge in [0.2, 0.25) is 23.6 Å². The molecule has 1 aliphatic heterocycles. The molecule has 1 aliphatic carbocycles. The molecule has 40 heavy (non-hydrogen) atoms. The van der Waals surface area contributed by atoms with E-state index in [4.69, 9.17) is 5.73 Å². The van der Waals surface area contributed by atoms with Gasteiger partial charge in [-0.3, -0.25) is 29.4 Å². The Bertz CT molecular complexity index is 1740. The van der Waals surface area contributed by atoms with Crippen LogP contribution < -0.4 is 11.1 Å². The molecule has 202 valence electrons. The van der Waals surface area contributed by atoms with Crippen LogP contribution in [0, 0.1) is 5.92 Å². The first-order chi connectivity index (χ1) is 19.4. The lowest BCUT2D eigenvalue weighted by Gasteiger charge is -2.23. The molecule has 12 nitrogen and oxygen atoms in total. The van der Waals surface area contributed by atoms with Gasteiger partial charge in [-0.05, 0) is 43.2 Å². The monoisotopic (exact) mass is 538 g/mol. The lowest BCUT2D eigenvalue weighted by atomic mass is 10.1. The van der Waals surface area contributed by atoms with Crippen LogP contribution >= 0.6 is 0 Å². The van der Waals surface area contributed by atoms with Crippen molar-refractivity contribution in [3.8, 4) is 11.8 Å². The first kappa shape index (κ1) is 25.2. The molecule has 2 fully saturated rings. The Morgan fingerprint density at radius 3 is 2.73 bits per heavy atom. The molecule has 0 bridgehead atoms. The second-order valence-corrected chi connectivity index (χ2v) is 9.85. The predicted octanol–water partition coefficient (Wildman–Crippen LogP) is 3.52. The number of amides is 2. The van der Waals surface area contributed by atoms with E-state index in [2.05, 4.69) is 30.5 Å². The number of azo groups is 1. The number of nitrogens with zero attached hydrogens (tertiary/aromatic N) is 6. The fourth-order valence-corrected chi connectivity index (χ4v) is 4.86. The maximum atomic E-state index is 12.3.